The summed E-state index contributed by atoms with van der Waals surface area (Å²) in [7, 11) is 3.15. The van der Waals surface area contributed by atoms with Crippen LogP contribution in [0.5, 0.6) is 0 Å². The Hall–Kier alpha value is -3.17. The Morgan fingerprint density at radius 1 is 1.12 bits per heavy atom. The summed E-state index contributed by atoms with van der Waals surface area (Å²) in [5.74, 6) is -0.359. The zero-order chi connectivity index (χ0) is 18.6. The van der Waals surface area contributed by atoms with Crippen LogP contribution in [0, 0.1) is 20.8 Å². The summed E-state index contributed by atoms with van der Waals surface area (Å²) in [5, 5.41) is 4.45. The number of primary amides is 1. The smallest absolute Gasteiger partial charge is 0.332 e. The molecule has 0 bridgehead atoms. The van der Waals surface area contributed by atoms with Gasteiger partial charge in [-0.3, -0.25) is 14.2 Å². The van der Waals surface area contributed by atoms with Crippen molar-refractivity contribution in [3.8, 4) is 5.95 Å². The highest BCUT2D eigenvalue weighted by Crippen LogP contribution is 2.18. The summed E-state index contributed by atoms with van der Waals surface area (Å²) in [6, 6.07) is 0. The van der Waals surface area contributed by atoms with Crippen LogP contribution in [0.25, 0.3) is 17.1 Å². The average Bonchev–Trinajstić information content (AvgIpc) is 3.01. The number of hydrogen-bond donors (Lipinski definition) is 1. The molecule has 0 saturated carbocycles. The number of rotatable bonds is 3. The number of nitrogens with zero attached hydrogens (tertiary/aromatic N) is 6. The molecule has 3 rings (SSSR count). The highest BCUT2D eigenvalue weighted by molar-refractivity contribution is 5.75. The first-order valence-electron chi connectivity index (χ1n) is 7.62. The van der Waals surface area contributed by atoms with Crippen LogP contribution in [-0.2, 0) is 25.4 Å². The molecule has 3 aromatic rings. The van der Waals surface area contributed by atoms with Crippen LogP contribution in [0.3, 0.4) is 0 Å². The first kappa shape index (κ1) is 16.7. The Balaban J connectivity index is 2.41. The van der Waals surface area contributed by atoms with Gasteiger partial charge < -0.3 is 10.3 Å². The van der Waals surface area contributed by atoms with Gasteiger partial charge in [0.2, 0.25) is 11.9 Å². The van der Waals surface area contributed by atoms with Gasteiger partial charge in [-0.05, 0) is 26.3 Å². The summed E-state index contributed by atoms with van der Waals surface area (Å²) in [5.41, 5.74) is 7.06. The average molecular weight is 345 g/mol. The van der Waals surface area contributed by atoms with E-state index >= 15 is 0 Å². The largest absolute Gasteiger partial charge is 0.368 e. The topological polar surface area (TPSA) is 123 Å². The predicted octanol–water partition coefficient (Wildman–Crippen LogP) is -0.970. The molecule has 0 aliphatic rings. The fourth-order valence-electron chi connectivity index (χ4n) is 2.83. The van der Waals surface area contributed by atoms with Crippen LogP contribution in [0.2, 0.25) is 0 Å². The number of aromatic nitrogens is 6. The van der Waals surface area contributed by atoms with Crippen molar-refractivity contribution in [1.29, 1.82) is 0 Å². The SMILES string of the molecule is Cc1nn(-c2nc3c(c(=O)n(CC(N)=O)c(=O)n3C)n2C)c(C)c1C. The number of carbonyl (C=O) groups excluding carboxylic acids is 1. The third-order valence-electron chi connectivity index (χ3n) is 4.49. The maximum absolute atomic E-state index is 12.7. The lowest BCUT2D eigenvalue weighted by atomic mass is 10.2. The van der Waals surface area contributed by atoms with Crippen LogP contribution < -0.4 is 17.0 Å². The van der Waals surface area contributed by atoms with E-state index in [2.05, 4.69) is 10.1 Å². The molecular formula is C15H19N7O3. The van der Waals surface area contributed by atoms with Crippen molar-refractivity contribution in [3.63, 3.8) is 0 Å². The Labute approximate surface area is 142 Å². The van der Waals surface area contributed by atoms with Gasteiger partial charge in [0, 0.05) is 19.8 Å². The zero-order valence-electron chi connectivity index (χ0n) is 14.7. The van der Waals surface area contributed by atoms with Gasteiger partial charge >= 0.3 is 5.69 Å². The summed E-state index contributed by atoms with van der Waals surface area (Å²) in [4.78, 5) is 40.7. The van der Waals surface area contributed by atoms with Crippen molar-refractivity contribution >= 4 is 17.1 Å². The van der Waals surface area contributed by atoms with Crippen LogP contribution in [0.4, 0.5) is 0 Å². The van der Waals surface area contributed by atoms with E-state index in [0.717, 1.165) is 21.5 Å². The number of carbonyl (C=O) groups is 1. The molecule has 0 fully saturated rings. The van der Waals surface area contributed by atoms with E-state index < -0.39 is 23.7 Å². The van der Waals surface area contributed by atoms with Gasteiger partial charge in [-0.25, -0.2) is 14.0 Å². The predicted molar refractivity (Wildman–Crippen MR) is 90.7 cm³/mol. The van der Waals surface area contributed by atoms with E-state index in [1.54, 1.807) is 16.3 Å². The second kappa shape index (κ2) is 5.43. The molecule has 0 atom stereocenters. The number of hydrogen-bond acceptors (Lipinski definition) is 5. The van der Waals surface area contributed by atoms with E-state index in [-0.39, 0.29) is 11.2 Å². The minimum atomic E-state index is -0.768. The van der Waals surface area contributed by atoms with Crippen molar-refractivity contribution in [2.45, 2.75) is 27.3 Å². The molecule has 0 radical (unpaired) electrons. The highest BCUT2D eigenvalue weighted by atomic mass is 16.2. The Morgan fingerprint density at radius 3 is 2.28 bits per heavy atom. The Morgan fingerprint density at radius 2 is 1.76 bits per heavy atom. The van der Waals surface area contributed by atoms with E-state index in [1.165, 1.54) is 11.6 Å². The van der Waals surface area contributed by atoms with Gasteiger partial charge in [0.15, 0.2) is 11.2 Å². The minimum absolute atomic E-state index is 0.198. The maximum atomic E-state index is 12.7. The maximum Gasteiger partial charge on any atom is 0.332 e. The third-order valence-corrected chi connectivity index (χ3v) is 4.49. The number of fused-ring (bicyclic) bond motifs is 1. The van der Waals surface area contributed by atoms with E-state index in [0.29, 0.717) is 5.95 Å². The van der Waals surface area contributed by atoms with Gasteiger partial charge in [-0.1, -0.05) is 0 Å². The van der Waals surface area contributed by atoms with E-state index in [1.807, 2.05) is 20.8 Å². The van der Waals surface area contributed by atoms with Crippen LogP contribution >= 0.6 is 0 Å². The molecule has 1 amide bonds. The fraction of sp³-hybridized carbons (Fsp3) is 0.400. The molecule has 0 aliphatic heterocycles. The molecule has 2 N–H and O–H groups in total. The lowest BCUT2D eigenvalue weighted by molar-refractivity contribution is -0.118. The van der Waals surface area contributed by atoms with Gasteiger partial charge in [-0.2, -0.15) is 10.1 Å². The molecule has 0 unspecified atom stereocenters. The van der Waals surface area contributed by atoms with Crippen LogP contribution in [0.1, 0.15) is 17.0 Å². The Bertz CT molecular complexity index is 1140. The zero-order valence-corrected chi connectivity index (χ0v) is 14.7. The summed E-state index contributed by atoms with van der Waals surface area (Å²) in [6.07, 6.45) is 0. The van der Waals surface area contributed by atoms with E-state index in [4.69, 9.17) is 5.73 Å². The normalized spacial score (nSPS) is 11.4. The van der Waals surface area contributed by atoms with E-state index in [9.17, 15) is 14.4 Å². The minimum Gasteiger partial charge on any atom is -0.368 e. The molecule has 10 heteroatoms. The molecule has 3 aromatic heterocycles. The first-order chi connectivity index (χ1) is 11.6. The van der Waals surface area contributed by atoms with Crippen molar-refractivity contribution < 1.29 is 4.79 Å². The molecule has 0 aliphatic carbocycles. The van der Waals surface area contributed by atoms with Gasteiger partial charge in [0.25, 0.3) is 5.56 Å². The fourth-order valence-corrected chi connectivity index (χ4v) is 2.83. The highest BCUT2D eigenvalue weighted by Gasteiger charge is 2.21. The van der Waals surface area contributed by atoms with Gasteiger partial charge in [0.05, 0.1) is 5.69 Å². The van der Waals surface area contributed by atoms with Crippen molar-refractivity contribution in [2.75, 3.05) is 0 Å². The van der Waals surface area contributed by atoms with Crippen molar-refractivity contribution in [1.82, 2.24) is 28.5 Å². The number of amides is 1. The second-order valence-electron chi connectivity index (χ2n) is 6.05. The molecule has 0 aromatic carbocycles. The quantitative estimate of drug-likeness (QED) is 0.654. The number of imidazole rings is 1. The second-order valence-corrected chi connectivity index (χ2v) is 6.05. The lowest BCUT2D eigenvalue weighted by Gasteiger charge is -2.06. The molecule has 0 saturated heterocycles. The standard InChI is InChI=1S/C15H19N7O3/c1-7-8(2)18-22(9(7)3)14-17-12-11(19(14)4)13(24)21(6-10(16)23)15(25)20(12)5/h6H2,1-5H3,(H2,16,23). The summed E-state index contributed by atoms with van der Waals surface area (Å²) >= 11 is 0. The van der Waals surface area contributed by atoms with Crippen LogP contribution in [0.15, 0.2) is 9.59 Å². The summed E-state index contributed by atoms with van der Waals surface area (Å²) in [6.45, 7) is 5.25. The molecule has 25 heavy (non-hydrogen) atoms. The van der Waals surface area contributed by atoms with Crippen molar-refractivity contribution in [2.24, 2.45) is 19.8 Å². The molecule has 10 nitrogen and oxygen atoms in total. The number of aryl methyl sites for hydroxylation is 3. The van der Waals surface area contributed by atoms with Gasteiger partial charge in [-0.15, -0.1) is 0 Å². The lowest BCUT2D eigenvalue weighted by Crippen LogP contribution is -2.42. The summed E-state index contributed by atoms with van der Waals surface area (Å²) < 4.78 is 5.23. The first-order valence-corrected chi connectivity index (χ1v) is 7.62. The Kier molecular flexibility index (Phi) is 3.62. The molecule has 0 spiro atoms. The third kappa shape index (κ3) is 2.29. The monoisotopic (exact) mass is 345 g/mol. The van der Waals surface area contributed by atoms with Gasteiger partial charge in [0.1, 0.15) is 6.54 Å². The number of nitrogens with two attached hydrogens (primary N) is 1. The molecular weight excluding hydrogens is 326 g/mol. The van der Waals surface area contributed by atoms with Crippen molar-refractivity contribution in [3.05, 3.63) is 37.8 Å². The molecule has 132 valence electrons. The van der Waals surface area contributed by atoms with Crippen LogP contribution in [-0.4, -0.2) is 34.4 Å². The molecule has 3 heterocycles.